The van der Waals surface area contributed by atoms with E-state index in [-0.39, 0.29) is 30.6 Å². The van der Waals surface area contributed by atoms with Gasteiger partial charge in [0.05, 0.1) is 38.3 Å². The molecule has 0 spiro atoms. The van der Waals surface area contributed by atoms with Crippen molar-refractivity contribution < 1.29 is 19.4 Å². The second-order valence-corrected chi connectivity index (χ2v) is 5.70. The molecule has 0 fully saturated rings. The molecule has 0 aliphatic rings. The average molecular weight is 357 g/mol. The molecule has 136 valence electrons. The molecule has 0 atom stereocenters. The van der Waals surface area contributed by atoms with E-state index in [1.54, 1.807) is 24.3 Å². The molecule has 0 unspecified atom stereocenters. The molecule has 2 heterocycles. The highest BCUT2D eigenvalue weighted by molar-refractivity contribution is 6.04. The molecule has 0 saturated carbocycles. The van der Waals surface area contributed by atoms with Crippen LogP contribution in [0.2, 0.25) is 0 Å². The summed E-state index contributed by atoms with van der Waals surface area (Å²) in [5.74, 6) is -0.430. The third-order valence-electron chi connectivity index (χ3n) is 3.73. The third-order valence-corrected chi connectivity index (χ3v) is 3.73. The summed E-state index contributed by atoms with van der Waals surface area (Å²) < 4.78 is 6.65. The summed E-state index contributed by atoms with van der Waals surface area (Å²) in [5, 5.41) is 20.0. The number of carbonyl (C=O) groups is 2. The van der Waals surface area contributed by atoms with Gasteiger partial charge < -0.3 is 20.1 Å². The van der Waals surface area contributed by atoms with Gasteiger partial charge in [-0.25, -0.2) is 4.68 Å². The molecule has 0 aliphatic heterocycles. The number of fused-ring (bicyclic) bond motifs is 1. The van der Waals surface area contributed by atoms with Crippen LogP contribution in [0, 0.1) is 0 Å². The van der Waals surface area contributed by atoms with Crippen LogP contribution in [0.5, 0.6) is 0 Å². The molecular weight excluding hydrogens is 338 g/mol. The Morgan fingerprint density at radius 3 is 2.92 bits per heavy atom. The second-order valence-electron chi connectivity index (χ2n) is 5.70. The Hall–Kier alpha value is -3.04. The predicted molar refractivity (Wildman–Crippen MR) is 94.2 cm³/mol. The highest BCUT2D eigenvalue weighted by atomic mass is 16.5. The number of amides is 1. The lowest BCUT2D eigenvalue weighted by Gasteiger charge is -2.03. The zero-order valence-corrected chi connectivity index (χ0v) is 14.2. The van der Waals surface area contributed by atoms with Crippen molar-refractivity contribution in [2.24, 2.45) is 0 Å². The van der Waals surface area contributed by atoms with Crippen LogP contribution in [0.25, 0.3) is 10.9 Å². The Morgan fingerprint density at radius 2 is 2.15 bits per heavy atom. The molecule has 1 aromatic carbocycles. The number of ketones is 1. The Balaban J connectivity index is 1.65. The van der Waals surface area contributed by atoms with Crippen LogP contribution in [-0.4, -0.2) is 56.6 Å². The van der Waals surface area contributed by atoms with Crippen molar-refractivity contribution in [1.82, 2.24) is 20.0 Å². The molecular formula is C17H19N5O4. The van der Waals surface area contributed by atoms with Crippen molar-refractivity contribution in [3.05, 3.63) is 41.9 Å². The van der Waals surface area contributed by atoms with Crippen molar-refractivity contribution in [1.29, 1.82) is 0 Å². The number of hydrogen-bond donors (Lipinski definition) is 3. The summed E-state index contributed by atoms with van der Waals surface area (Å²) in [6.45, 7) is 2.52. The number of aromatic nitrogens is 4. The first-order chi connectivity index (χ1) is 12.6. The minimum absolute atomic E-state index is 0.0373. The quantitative estimate of drug-likeness (QED) is 0.412. The van der Waals surface area contributed by atoms with Gasteiger partial charge in [0.25, 0.3) is 5.91 Å². The summed E-state index contributed by atoms with van der Waals surface area (Å²) in [5.41, 5.74) is 2.13. The number of ether oxygens (including phenoxy) is 1. The highest BCUT2D eigenvalue weighted by Gasteiger charge is 2.12. The lowest BCUT2D eigenvalue weighted by Crippen LogP contribution is -2.12. The maximum absolute atomic E-state index is 12.3. The number of nitrogens with zero attached hydrogens (tertiary/aromatic N) is 3. The van der Waals surface area contributed by atoms with Gasteiger partial charge in [-0.2, -0.15) is 0 Å². The number of aromatic amines is 1. The van der Waals surface area contributed by atoms with E-state index in [0.717, 1.165) is 10.9 Å². The Morgan fingerprint density at radius 1 is 1.31 bits per heavy atom. The number of benzene rings is 1. The largest absolute Gasteiger partial charge is 0.394 e. The highest BCUT2D eigenvalue weighted by Crippen LogP contribution is 2.20. The van der Waals surface area contributed by atoms with Crippen molar-refractivity contribution in [2.45, 2.75) is 13.5 Å². The fourth-order valence-corrected chi connectivity index (χ4v) is 2.43. The summed E-state index contributed by atoms with van der Waals surface area (Å²) in [6, 6.07) is 7.07. The number of aliphatic hydroxyl groups excluding tert-OH is 1. The van der Waals surface area contributed by atoms with Crippen LogP contribution in [0.4, 0.5) is 5.69 Å². The van der Waals surface area contributed by atoms with Gasteiger partial charge in [0.15, 0.2) is 11.5 Å². The van der Waals surface area contributed by atoms with Gasteiger partial charge in [-0.3, -0.25) is 9.59 Å². The zero-order valence-electron chi connectivity index (χ0n) is 14.2. The third kappa shape index (κ3) is 4.13. The van der Waals surface area contributed by atoms with Gasteiger partial charge in [-0.1, -0.05) is 5.21 Å². The van der Waals surface area contributed by atoms with Crippen LogP contribution in [0.1, 0.15) is 27.9 Å². The molecule has 0 radical (unpaired) electrons. The average Bonchev–Trinajstić information content (AvgIpc) is 3.25. The first-order valence-electron chi connectivity index (χ1n) is 8.10. The van der Waals surface area contributed by atoms with E-state index in [2.05, 4.69) is 20.6 Å². The lowest BCUT2D eigenvalue weighted by atomic mass is 10.2. The number of rotatable bonds is 8. The monoisotopic (exact) mass is 357 g/mol. The maximum atomic E-state index is 12.3. The van der Waals surface area contributed by atoms with Crippen molar-refractivity contribution in [3.8, 4) is 0 Å². The molecule has 3 aromatic rings. The van der Waals surface area contributed by atoms with E-state index in [1.165, 1.54) is 17.8 Å². The molecule has 2 aromatic heterocycles. The minimum Gasteiger partial charge on any atom is -0.394 e. The van der Waals surface area contributed by atoms with Crippen molar-refractivity contribution >= 4 is 28.3 Å². The Kier molecular flexibility index (Phi) is 5.40. The van der Waals surface area contributed by atoms with Crippen LogP contribution < -0.4 is 5.32 Å². The van der Waals surface area contributed by atoms with Gasteiger partial charge >= 0.3 is 0 Å². The number of aliphatic hydroxyl groups is 1. The molecule has 9 heteroatoms. The molecule has 0 bridgehead atoms. The predicted octanol–water partition coefficient (Wildman–Crippen LogP) is 1.22. The molecule has 3 rings (SSSR count). The van der Waals surface area contributed by atoms with Crippen molar-refractivity contribution in [3.63, 3.8) is 0 Å². The summed E-state index contributed by atoms with van der Waals surface area (Å²) >= 11 is 0. The molecule has 0 aliphatic carbocycles. The first kappa shape index (κ1) is 17.8. The molecule has 9 nitrogen and oxygen atoms in total. The minimum atomic E-state index is -0.380. The fraction of sp³-hybridized carbons (Fsp3) is 0.294. The molecule has 26 heavy (non-hydrogen) atoms. The number of anilines is 1. The smallest absolute Gasteiger partial charge is 0.277 e. The summed E-state index contributed by atoms with van der Waals surface area (Å²) in [7, 11) is 0. The maximum Gasteiger partial charge on any atom is 0.277 e. The van der Waals surface area contributed by atoms with Gasteiger partial charge in [0.2, 0.25) is 0 Å². The molecule has 0 saturated heterocycles. The SMILES string of the molecule is CC(=O)c1cc2cc(NC(=O)c3cn(CCOCCO)nn3)ccc2[nH]1. The second kappa shape index (κ2) is 7.89. The lowest BCUT2D eigenvalue weighted by molar-refractivity contribution is 0.0851. The Labute approximate surface area is 149 Å². The number of H-pyrrole nitrogens is 1. The number of Topliss-reactive ketones (excluding diaryl/α,β-unsaturated/α-hetero) is 1. The van der Waals surface area contributed by atoms with E-state index in [4.69, 9.17) is 9.84 Å². The summed E-state index contributed by atoms with van der Waals surface area (Å²) in [6.07, 6.45) is 1.53. The van der Waals surface area contributed by atoms with Crippen LogP contribution in [0.15, 0.2) is 30.5 Å². The van der Waals surface area contributed by atoms with E-state index in [1.807, 2.05) is 0 Å². The Bertz CT molecular complexity index is 930. The van der Waals surface area contributed by atoms with Crippen LogP contribution >= 0.6 is 0 Å². The normalized spacial score (nSPS) is 11.0. The fourth-order valence-electron chi connectivity index (χ4n) is 2.43. The van der Waals surface area contributed by atoms with Crippen molar-refractivity contribution in [2.75, 3.05) is 25.1 Å². The topological polar surface area (TPSA) is 122 Å². The van der Waals surface area contributed by atoms with E-state index >= 15 is 0 Å². The first-order valence-corrected chi connectivity index (χ1v) is 8.10. The number of carbonyl (C=O) groups excluding carboxylic acids is 2. The zero-order chi connectivity index (χ0) is 18.5. The van der Waals surface area contributed by atoms with Crippen LogP contribution in [-0.2, 0) is 11.3 Å². The van der Waals surface area contributed by atoms with E-state index in [0.29, 0.717) is 24.5 Å². The molecule has 1 amide bonds. The number of hydrogen-bond acceptors (Lipinski definition) is 6. The van der Waals surface area contributed by atoms with Gasteiger partial charge in [0, 0.05) is 23.5 Å². The van der Waals surface area contributed by atoms with Gasteiger partial charge in [-0.15, -0.1) is 5.10 Å². The van der Waals surface area contributed by atoms with Gasteiger partial charge in [0.1, 0.15) is 0 Å². The standard InChI is InChI=1S/C17H19N5O4/c1-11(24)15-9-12-8-13(2-3-14(12)19-15)18-17(25)16-10-22(21-20-16)4-6-26-7-5-23/h2-3,8-10,19,23H,4-7H2,1H3,(H,18,25). The van der Waals surface area contributed by atoms with Gasteiger partial charge in [-0.05, 0) is 24.3 Å². The van der Waals surface area contributed by atoms with E-state index in [9.17, 15) is 9.59 Å². The molecule has 3 N–H and O–H groups in total. The van der Waals surface area contributed by atoms with E-state index < -0.39 is 0 Å². The summed E-state index contributed by atoms with van der Waals surface area (Å²) in [4.78, 5) is 26.8. The number of nitrogens with one attached hydrogen (secondary N) is 2. The van der Waals surface area contributed by atoms with Crippen LogP contribution in [0.3, 0.4) is 0 Å².